The summed E-state index contributed by atoms with van der Waals surface area (Å²) in [5, 5.41) is 18.8. The van der Waals surface area contributed by atoms with Gasteiger partial charge in [-0.25, -0.2) is 0 Å². The van der Waals surface area contributed by atoms with Crippen LogP contribution in [-0.4, -0.2) is 17.7 Å². The van der Waals surface area contributed by atoms with E-state index in [0.29, 0.717) is 6.61 Å². The number of hydrogen-bond acceptors (Lipinski definition) is 3. The number of carboxylic acid groups (broad SMARTS) is 1. The van der Waals surface area contributed by atoms with Gasteiger partial charge in [0.2, 0.25) is 0 Å². The van der Waals surface area contributed by atoms with Crippen LogP contribution in [-0.2, 0) is 4.79 Å². The Morgan fingerprint density at radius 3 is 1.25 bits per heavy atom. The molecular weight excluding hydrogens is 263 g/mol. The molecule has 0 aromatic heterocycles. The van der Waals surface area contributed by atoms with E-state index in [1.165, 1.54) is 57.8 Å². The van der Waals surface area contributed by atoms with Crippen LogP contribution in [0.4, 0.5) is 0 Å². The van der Waals surface area contributed by atoms with Crippen molar-refractivity contribution in [3.8, 4) is 0 Å². The second-order valence-electron chi connectivity index (χ2n) is 5.44. The first-order chi connectivity index (χ1) is 9.27. The Morgan fingerprint density at radius 1 is 0.650 bits per heavy atom. The van der Waals surface area contributed by atoms with Crippen LogP contribution in [0, 0.1) is 0 Å². The average Bonchev–Trinajstić information content (AvgIpc) is 2.39. The number of aliphatic carboxylic acids is 1. The third-order valence-electron chi connectivity index (χ3n) is 3.54. The molecule has 0 aromatic rings. The van der Waals surface area contributed by atoms with Gasteiger partial charge in [0.05, 0.1) is 0 Å². The summed E-state index contributed by atoms with van der Waals surface area (Å²) in [5.41, 5.74) is 0. The van der Waals surface area contributed by atoms with Gasteiger partial charge in [0.1, 0.15) is 0 Å². The molecule has 0 heterocycles. The first-order valence-electron chi connectivity index (χ1n) is 8.08. The number of aliphatic hydroxyl groups is 1. The van der Waals surface area contributed by atoms with E-state index in [1.54, 1.807) is 0 Å². The predicted octanol–water partition coefficient (Wildman–Crippen LogP) is 0.194. The molecule has 0 fully saturated rings. The summed E-state index contributed by atoms with van der Waals surface area (Å²) in [5.74, 6) is -0.918. The summed E-state index contributed by atoms with van der Waals surface area (Å²) >= 11 is 0. The molecule has 0 atom stereocenters. The molecule has 20 heavy (non-hydrogen) atoms. The van der Waals surface area contributed by atoms with Crippen LogP contribution < -0.4 is 34.7 Å². The Kier molecular flexibility index (Phi) is 22.1. The first kappa shape index (κ1) is 22.7. The van der Waals surface area contributed by atoms with E-state index in [2.05, 4.69) is 0 Å². The van der Waals surface area contributed by atoms with E-state index in [-0.39, 0.29) is 36.0 Å². The van der Waals surface area contributed by atoms with E-state index < -0.39 is 5.97 Å². The second kappa shape index (κ2) is 19.4. The first-order valence-corrected chi connectivity index (χ1v) is 8.08. The Bertz CT molecular complexity index is 198. The molecule has 0 aromatic carbocycles. The quantitative estimate of drug-likeness (QED) is 0.346. The molecule has 0 aliphatic heterocycles. The van der Waals surface area contributed by atoms with Crippen molar-refractivity contribution in [2.45, 2.75) is 89.9 Å². The average molecular weight is 294 g/mol. The fourth-order valence-corrected chi connectivity index (χ4v) is 2.33. The number of aliphatic hydroxyl groups excluding tert-OH is 1. The van der Waals surface area contributed by atoms with Gasteiger partial charge in [0.25, 0.3) is 0 Å². The normalized spacial score (nSPS) is 10.2. The molecule has 0 rings (SSSR count). The van der Waals surface area contributed by atoms with Crippen molar-refractivity contribution in [2.75, 3.05) is 6.61 Å². The summed E-state index contributed by atoms with van der Waals surface area (Å²) < 4.78 is 0. The zero-order valence-corrected chi connectivity index (χ0v) is 15.4. The van der Waals surface area contributed by atoms with Crippen molar-refractivity contribution in [1.82, 2.24) is 0 Å². The Labute approximate surface area is 146 Å². The molecule has 3 nitrogen and oxygen atoms in total. The van der Waals surface area contributed by atoms with Crippen molar-refractivity contribution in [3.63, 3.8) is 0 Å². The summed E-state index contributed by atoms with van der Waals surface area (Å²) in [6.45, 7) is 0.336. The molecule has 0 radical (unpaired) electrons. The fraction of sp³-hybridized carbons (Fsp3) is 0.938. The summed E-state index contributed by atoms with van der Waals surface area (Å²) in [4.78, 5) is 10.2. The van der Waals surface area contributed by atoms with Gasteiger partial charge >= 0.3 is 29.6 Å². The van der Waals surface area contributed by atoms with Crippen LogP contribution in [0.3, 0.4) is 0 Å². The molecular formula is C16H31NaO3. The third-order valence-corrected chi connectivity index (χ3v) is 3.54. The molecule has 0 aliphatic carbocycles. The van der Waals surface area contributed by atoms with Crippen LogP contribution in [0.25, 0.3) is 0 Å². The number of rotatable bonds is 15. The van der Waals surface area contributed by atoms with Gasteiger partial charge < -0.3 is 15.0 Å². The smallest absolute Gasteiger partial charge is 0.550 e. The number of carbonyl (C=O) groups excluding carboxylic acids is 1. The summed E-state index contributed by atoms with van der Waals surface area (Å²) in [7, 11) is 0. The molecule has 114 valence electrons. The van der Waals surface area contributed by atoms with E-state index in [1.807, 2.05) is 0 Å². The monoisotopic (exact) mass is 294 g/mol. The minimum Gasteiger partial charge on any atom is -0.550 e. The van der Waals surface area contributed by atoms with Crippen LogP contribution in [0.15, 0.2) is 0 Å². The van der Waals surface area contributed by atoms with Crippen molar-refractivity contribution in [2.24, 2.45) is 0 Å². The molecule has 0 spiro atoms. The maximum atomic E-state index is 10.2. The zero-order valence-electron chi connectivity index (χ0n) is 13.4. The van der Waals surface area contributed by atoms with E-state index in [0.717, 1.165) is 25.7 Å². The van der Waals surface area contributed by atoms with Crippen molar-refractivity contribution in [3.05, 3.63) is 0 Å². The number of unbranched alkanes of at least 4 members (excludes halogenated alkanes) is 12. The number of carbonyl (C=O) groups is 1. The van der Waals surface area contributed by atoms with Crippen LogP contribution in [0.2, 0.25) is 0 Å². The molecule has 1 N–H and O–H groups in total. The molecule has 0 amide bonds. The van der Waals surface area contributed by atoms with Crippen molar-refractivity contribution in [1.29, 1.82) is 0 Å². The van der Waals surface area contributed by atoms with Gasteiger partial charge in [-0.05, 0) is 19.3 Å². The predicted molar refractivity (Wildman–Crippen MR) is 76.7 cm³/mol. The standard InChI is InChI=1S/C16H32O3.Na/c17-15-13-11-9-7-5-3-1-2-4-6-8-10-12-14-16(18)19;/h17H,1-15H2,(H,18,19);/q;+1/p-1. The second-order valence-corrected chi connectivity index (χ2v) is 5.44. The molecule has 4 heteroatoms. The van der Waals surface area contributed by atoms with Crippen LogP contribution >= 0.6 is 0 Å². The Hall–Kier alpha value is 0.430. The topological polar surface area (TPSA) is 60.4 Å². The Balaban J connectivity index is 0. The molecule has 0 saturated carbocycles. The minimum atomic E-state index is -0.918. The molecule has 0 saturated heterocycles. The summed E-state index contributed by atoms with van der Waals surface area (Å²) in [6, 6.07) is 0. The van der Waals surface area contributed by atoms with Gasteiger partial charge in [-0.3, -0.25) is 0 Å². The molecule has 0 aliphatic rings. The third kappa shape index (κ3) is 20.7. The van der Waals surface area contributed by atoms with E-state index in [9.17, 15) is 9.90 Å². The fourth-order valence-electron chi connectivity index (χ4n) is 2.33. The maximum Gasteiger partial charge on any atom is 1.00 e. The largest absolute Gasteiger partial charge is 1.00 e. The Morgan fingerprint density at radius 2 is 0.950 bits per heavy atom. The minimum absolute atomic E-state index is 0. The number of hydrogen-bond donors (Lipinski definition) is 1. The maximum absolute atomic E-state index is 10.2. The molecule has 0 bridgehead atoms. The SMILES string of the molecule is O=C([O-])CCCCCCCCCCCCCCCO.[Na+]. The van der Waals surface area contributed by atoms with Crippen molar-refractivity contribution >= 4 is 5.97 Å². The summed E-state index contributed by atoms with van der Waals surface area (Å²) in [6.07, 6.45) is 15.7. The van der Waals surface area contributed by atoms with Gasteiger partial charge in [0.15, 0.2) is 0 Å². The molecule has 0 unspecified atom stereocenters. The van der Waals surface area contributed by atoms with Gasteiger partial charge in [-0.2, -0.15) is 0 Å². The van der Waals surface area contributed by atoms with Gasteiger partial charge in [-0.1, -0.05) is 70.6 Å². The van der Waals surface area contributed by atoms with Crippen molar-refractivity contribution < 1.29 is 44.6 Å². The van der Waals surface area contributed by atoms with Crippen LogP contribution in [0.5, 0.6) is 0 Å². The van der Waals surface area contributed by atoms with Gasteiger partial charge in [0, 0.05) is 12.6 Å². The van der Waals surface area contributed by atoms with E-state index in [4.69, 9.17) is 5.11 Å². The van der Waals surface area contributed by atoms with E-state index >= 15 is 0 Å². The van der Waals surface area contributed by atoms with Crippen LogP contribution in [0.1, 0.15) is 89.9 Å². The number of carboxylic acids is 1. The van der Waals surface area contributed by atoms with Gasteiger partial charge in [-0.15, -0.1) is 0 Å². The zero-order chi connectivity index (χ0) is 14.2.